The summed E-state index contributed by atoms with van der Waals surface area (Å²) >= 11 is 6.02. The van der Waals surface area contributed by atoms with Gasteiger partial charge in [0.05, 0.1) is 17.5 Å². The first-order chi connectivity index (χ1) is 11.7. The lowest BCUT2D eigenvalue weighted by Gasteiger charge is -2.45. The first kappa shape index (κ1) is 18.5. The fourth-order valence-corrected chi connectivity index (χ4v) is 5.00. The van der Waals surface area contributed by atoms with Crippen LogP contribution in [0.1, 0.15) is 42.5 Å². The molecule has 0 radical (unpaired) electrons. The van der Waals surface area contributed by atoms with E-state index in [2.05, 4.69) is 10.0 Å². The summed E-state index contributed by atoms with van der Waals surface area (Å²) in [5, 5.41) is 3.51. The quantitative estimate of drug-likeness (QED) is 0.740. The van der Waals surface area contributed by atoms with Gasteiger partial charge in [-0.1, -0.05) is 18.0 Å². The highest BCUT2D eigenvalue weighted by atomic mass is 35.5. The molecule has 2 fully saturated rings. The lowest BCUT2D eigenvalue weighted by atomic mass is 9.67. The van der Waals surface area contributed by atoms with Crippen molar-refractivity contribution in [2.24, 2.45) is 17.6 Å². The van der Waals surface area contributed by atoms with Crippen LogP contribution in [0.25, 0.3) is 0 Å². The zero-order chi connectivity index (χ0) is 18.2. The van der Waals surface area contributed by atoms with Crippen molar-refractivity contribution in [1.29, 1.82) is 0 Å². The maximum absolute atomic E-state index is 12.8. The van der Waals surface area contributed by atoms with Crippen LogP contribution in [0.5, 0.6) is 0 Å². The number of sulfonamides is 1. The zero-order valence-electron chi connectivity index (χ0n) is 14.2. The SMILES string of the molecule is CS(=O)(=O)Nc1ccc(Cl)cc1C(=O)NC1C2CCCC1CC(N)C2. The van der Waals surface area contributed by atoms with Gasteiger partial charge in [-0.25, -0.2) is 8.42 Å². The lowest BCUT2D eigenvalue weighted by Crippen LogP contribution is -2.53. The van der Waals surface area contributed by atoms with E-state index in [0.717, 1.165) is 31.9 Å². The Balaban J connectivity index is 1.82. The Kier molecular flexibility index (Phi) is 5.27. The Bertz CT molecular complexity index is 754. The number of carbonyl (C=O) groups is 1. The molecule has 25 heavy (non-hydrogen) atoms. The number of nitrogens with one attached hydrogen (secondary N) is 2. The van der Waals surface area contributed by atoms with E-state index >= 15 is 0 Å². The van der Waals surface area contributed by atoms with E-state index in [0.29, 0.717) is 16.9 Å². The minimum atomic E-state index is -3.49. The van der Waals surface area contributed by atoms with E-state index in [4.69, 9.17) is 17.3 Å². The average molecular weight is 386 g/mol. The summed E-state index contributed by atoms with van der Waals surface area (Å²) in [5.74, 6) is 0.472. The summed E-state index contributed by atoms with van der Waals surface area (Å²) in [7, 11) is -3.49. The predicted octanol–water partition coefficient (Wildman–Crippen LogP) is 2.35. The molecule has 138 valence electrons. The van der Waals surface area contributed by atoms with Crippen molar-refractivity contribution in [2.75, 3.05) is 11.0 Å². The summed E-state index contributed by atoms with van der Waals surface area (Å²) in [4.78, 5) is 12.8. The normalized spacial score (nSPS) is 29.1. The number of halogens is 1. The molecular formula is C17H24ClN3O3S. The molecule has 2 aliphatic rings. The van der Waals surface area contributed by atoms with Crippen LogP contribution < -0.4 is 15.8 Å². The zero-order valence-corrected chi connectivity index (χ0v) is 15.7. The molecule has 0 aromatic heterocycles. The van der Waals surface area contributed by atoms with Crippen molar-refractivity contribution < 1.29 is 13.2 Å². The monoisotopic (exact) mass is 385 g/mol. The molecule has 0 heterocycles. The molecule has 2 atom stereocenters. The minimum absolute atomic E-state index is 0.0890. The lowest BCUT2D eigenvalue weighted by molar-refractivity contribution is 0.0757. The van der Waals surface area contributed by atoms with Crippen LogP contribution in [-0.2, 0) is 10.0 Å². The fraction of sp³-hybridized carbons (Fsp3) is 0.588. The number of carbonyl (C=O) groups excluding carboxylic acids is 1. The van der Waals surface area contributed by atoms with Crippen LogP contribution >= 0.6 is 11.6 Å². The van der Waals surface area contributed by atoms with Gasteiger partial charge < -0.3 is 11.1 Å². The molecule has 4 N–H and O–H groups in total. The van der Waals surface area contributed by atoms with Gasteiger partial charge in [-0.15, -0.1) is 0 Å². The van der Waals surface area contributed by atoms with Gasteiger partial charge in [0.2, 0.25) is 10.0 Å². The summed E-state index contributed by atoms with van der Waals surface area (Å²) < 4.78 is 25.5. The number of amides is 1. The number of anilines is 1. The second-order valence-electron chi connectivity index (χ2n) is 7.25. The molecule has 1 aromatic carbocycles. The van der Waals surface area contributed by atoms with E-state index in [1.54, 1.807) is 6.07 Å². The second kappa shape index (κ2) is 7.13. The van der Waals surface area contributed by atoms with E-state index in [9.17, 15) is 13.2 Å². The summed E-state index contributed by atoms with van der Waals surface area (Å²) in [6.07, 6.45) is 6.21. The van der Waals surface area contributed by atoms with E-state index in [-0.39, 0.29) is 29.2 Å². The van der Waals surface area contributed by atoms with Gasteiger partial charge in [0.25, 0.3) is 5.91 Å². The Hall–Kier alpha value is -1.31. The third-order valence-corrected chi connectivity index (χ3v) is 6.02. The Morgan fingerprint density at radius 1 is 1.24 bits per heavy atom. The van der Waals surface area contributed by atoms with Gasteiger partial charge in [0.1, 0.15) is 0 Å². The number of hydrogen-bond donors (Lipinski definition) is 3. The smallest absolute Gasteiger partial charge is 0.253 e. The maximum atomic E-state index is 12.8. The Morgan fingerprint density at radius 3 is 2.48 bits per heavy atom. The summed E-state index contributed by atoms with van der Waals surface area (Å²) in [6.45, 7) is 0. The van der Waals surface area contributed by atoms with Crippen molar-refractivity contribution in [3.8, 4) is 0 Å². The predicted molar refractivity (Wildman–Crippen MR) is 99.2 cm³/mol. The summed E-state index contributed by atoms with van der Waals surface area (Å²) in [5.41, 5.74) is 6.62. The number of benzene rings is 1. The van der Waals surface area contributed by atoms with Crippen LogP contribution in [0.3, 0.4) is 0 Å². The average Bonchev–Trinajstić information content (AvgIpc) is 2.48. The number of hydrogen-bond acceptors (Lipinski definition) is 4. The maximum Gasteiger partial charge on any atom is 0.253 e. The van der Waals surface area contributed by atoms with Crippen LogP contribution in [0.2, 0.25) is 5.02 Å². The van der Waals surface area contributed by atoms with Crippen LogP contribution in [0.4, 0.5) is 5.69 Å². The molecule has 8 heteroatoms. The standard InChI is InChI=1S/C17H24ClN3O3S/c1-25(23,24)21-15-6-5-12(18)9-14(15)17(22)20-16-10-3-2-4-11(16)8-13(19)7-10/h5-6,9-11,13,16,21H,2-4,7-8,19H2,1H3,(H,20,22). The topological polar surface area (TPSA) is 101 Å². The molecule has 0 spiro atoms. The van der Waals surface area contributed by atoms with Gasteiger partial charge in [-0.05, 0) is 55.7 Å². The molecule has 1 aromatic rings. The number of fused-ring (bicyclic) bond motifs is 2. The third kappa shape index (κ3) is 4.46. The molecular weight excluding hydrogens is 362 g/mol. The highest BCUT2D eigenvalue weighted by molar-refractivity contribution is 7.92. The molecule has 1 amide bonds. The van der Waals surface area contributed by atoms with Gasteiger partial charge >= 0.3 is 0 Å². The van der Waals surface area contributed by atoms with Crippen molar-refractivity contribution in [2.45, 2.75) is 44.2 Å². The first-order valence-corrected chi connectivity index (χ1v) is 10.8. The van der Waals surface area contributed by atoms with Crippen molar-refractivity contribution >= 4 is 33.2 Å². The molecule has 3 rings (SSSR count). The third-order valence-electron chi connectivity index (χ3n) is 5.20. The molecule has 6 nitrogen and oxygen atoms in total. The van der Waals surface area contributed by atoms with Gasteiger partial charge in [0.15, 0.2) is 0 Å². The van der Waals surface area contributed by atoms with E-state index < -0.39 is 10.0 Å². The highest BCUT2D eigenvalue weighted by Gasteiger charge is 2.40. The molecule has 2 saturated carbocycles. The van der Waals surface area contributed by atoms with Crippen molar-refractivity contribution in [1.82, 2.24) is 5.32 Å². The second-order valence-corrected chi connectivity index (χ2v) is 9.43. The fourth-order valence-electron chi connectivity index (χ4n) is 4.25. The Labute approximate surface area is 153 Å². The first-order valence-electron chi connectivity index (χ1n) is 8.57. The molecule has 2 aliphatic carbocycles. The molecule has 0 saturated heterocycles. The Morgan fingerprint density at radius 2 is 1.88 bits per heavy atom. The highest BCUT2D eigenvalue weighted by Crippen LogP contribution is 2.40. The number of nitrogens with two attached hydrogens (primary N) is 1. The molecule has 2 bridgehead atoms. The van der Waals surface area contributed by atoms with Crippen molar-refractivity contribution in [3.05, 3.63) is 28.8 Å². The van der Waals surface area contributed by atoms with Gasteiger partial charge in [-0.2, -0.15) is 0 Å². The number of rotatable bonds is 4. The van der Waals surface area contributed by atoms with Crippen LogP contribution in [0, 0.1) is 11.8 Å². The van der Waals surface area contributed by atoms with E-state index in [1.165, 1.54) is 18.6 Å². The minimum Gasteiger partial charge on any atom is -0.349 e. The molecule has 0 aliphatic heterocycles. The largest absolute Gasteiger partial charge is 0.349 e. The van der Waals surface area contributed by atoms with Crippen LogP contribution in [-0.4, -0.2) is 32.7 Å². The summed E-state index contributed by atoms with van der Waals surface area (Å²) in [6, 6.07) is 4.86. The van der Waals surface area contributed by atoms with Gasteiger partial charge in [-0.3, -0.25) is 9.52 Å². The van der Waals surface area contributed by atoms with Crippen molar-refractivity contribution in [3.63, 3.8) is 0 Å². The van der Waals surface area contributed by atoms with Gasteiger partial charge in [0, 0.05) is 17.1 Å². The molecule has 2 unspecified atom stereocenters. The van der Waals surface area contributed by atoms with Crippen LogP contribution in [0.15, 0.2) is 18.2 Å². The van der Waals surface area contributed by atoms with E-state index in [1.807, 2.05) is 0 Å².